The molecule has 10 nitrogen and oxygen atoms in total. The first-order valence-corrected chi connectivity index (χ1v) is 11.7. The largest absolute Gasteiger partial charge is 0.495 e. The first-order chi connectivity index (χ1) is 17.3. The molecule has 188 valence electrons. The number of ether oxygens (including phenoxy) is 2. The van der Waals surface area contributed by atoms with Gasteiger partial charge >= 0.3 is 0 Å². The van der Waals surface area contributed by atoms with Crippen molar-refractivity contribution < 1.29 is 23.9 Å². The van der Waals surface area contributed by atoms with E-state index in [1.54, 1.807) is 42.3 Å². The first-order valence-electron chi connectivity index (χ1n) is 11.7. The summed E-state index contributed by atoms with van der Waals surface area (Å²) in [4.78, 5) is 40.2. The number of methoxy groups -OCH3 is 1. The van der Waals surface area contributed by atoms with Gasteiger partial charge in [0.15, 0.2) is 0 Å². The van der Waals surface area contributed by atoms with Gasteiger partial charge in [-0.2, -0.15) is 5.26 Å². The molecule has 4 rings (SSSR count). The number of amides is 3. The average molecular weight is 492 g/mol. The Kier molecular flexibility index (Phi) is 7.24. The van der Waals surface area contributed by atoms with Gasteiger partial charge in [-0.05, 0) is 48.2 Å². The Bertz CT molecular complexity index is 1220. The second-order valence-corrected chi connectivity index (χ2v) is 9.08. The van der Waals surface area contributed by atoms with Gasteiger partial charge in [0.05, 0.1) is 31.0 Å². The number of nitriles is 1. The van der Waals surface area contributed by atoms with Crippen LogP contribution in [0.2, 0.25) is 0 Å². The smallest absolute Gasteiger partial charge is 0.258 e. The van der Waals surface area contributed by atoms with E-state index < -0.39 is 11.6 Å². The number of carbonyl (C=O) groups is 3. The Balaban J connectivity index is 1.49. The van der Waals surface area contributed by atoms with E-state index in [1.165, 1.54) is 12.0 Å². The monoisotopic (exact) mass is 491 g/mol. The first kappa shape index (κ1) is 25.2. The van der Waals surface area contributed by atoms with Crippen molar-refractivity contribution in [2.75, 3.05) is 37.2 Å². The molecule has 1 unspecified atom stereocenters. The molecule has 2 aromatic carbocycles. The molecule has 3 amide bonds. The third-order valence-corrected chi connectivity index (χ3v) is 6.72. The topological polar surface area (TPSA) is 138 Å². The number of nitrogens with two attached hydrogens (primary N) is 1. The van der Waals surface area contributed by atoms with Crippen LogP contribution in [0.15, 0.2) is 36.4 Å². The summed E-state index contributed by atoms with van der Waals surface area (Å²) >= 11 is 0. The number of benzene rings is 2. The normalized spacial score (nSPS) is 17.1. The summed E-state index contributed by atoms with van der Waals surface area (Å²) in [6.07, 6.45) is 1.77. The lowest BCUT2D eigenvalue weighted by Gasteiger charge is -2.32. The van der Waals surface area contributed by atoms with Crippen molar-refractivity contribution >= 4 is 29.6 Å². The molecule has 0 radical (unpaired) electrons. The van der Waals surface area contributed by atoms with Crippen molar-refractivity contribution in [3.8, 4) is 11.8 Å². The number of carbonyl (C=O) groups excluding carboxylic acids is 3. The van der Waals surface area contributed by atoms with Crippen LogP contribution in [0.4, 0.5) is 11.4 Å². The van der Waals surface area contributed by atoms with Crippen molar-refractivity contribution in [2.45, 2.75) is 37.4 Å². The highest BCUT2D eigenvalue weighted by Crippen LogP contribution is 2.35. The molecule has 0 aromatic heterocycles. The van der Waals surface area contributed by atoms with E-state index in [-0.39, 0.29) is 18.2 Å². The van der Waals surface area contributed by atoms with Crippen LogP contribution in [0.25, 0.3) is 0 Å². The van der Waals surface area contributed by atoms with Crippen LogP contribution in [0, 0.1) is 11.3 Å². The molecular formula is C26H29N5O5. The third kappa shape index (κ3) is 4.89. The Labute approximate surface area is 209 Å². The number of anilines is 2. The van der Waals surface area contributed by atoms with E-state index >= 15 is 0 Å². The summed E-state index contributed by atoms with van der Waals surface area (Å²) in [5.74, 6) is 0.0102. The fourth-order valence-corrected chi connectivity index (χ4v) is 4.52. The van der Waals surface area contributed by atoms with Crippen LogP contribution >= 0.6 is 0 Å². The molecular weight excluding hydrogens is 462 g/mol. The maximum absolute atomic E-state index is 13.1. The van der Waals surface area contributed by atoms with Gasteiger partial charge in [-0.15, -0.1) is 0 Å². The summed E-state index contributed by atoms with van der Waals surface area (Å²) < 4.78 is 10.6. The van der Waals surface area contributed by atoms with Crippen LogP contribution in [0.1, 0.15) is 34.3 Å². The molecule has 3 N–H and O–H groups in total. The number of fused-ring (bicyclic) bond motifs is 1. The lowest BCUT2D eigenvalue weighted by atomic mass is 9.90. The van der Waals surface area contributed by atoms with Crippen molar-refractivity contribution in [1.82, 2.24) is 5.32 Å². The standard InChI is InChI=1S/C26H29N5O5/c1-30(16-32)22-13-20(4-6-23(22)35-2)31-15-18-11-17(3-5-21(18)24(31)33)12-19(14-27)29-25(34)26(28)7-9-36-10-8-26/h3-6,11,13,16,19H,7-10,12,15,28H2,1-2H3,(H,29,34). The second kappa shape index (κ2) is 10.4. The zero-order valence-electron chi connectivity index (χ0n) is 20.3. The van der Waals surface area contributed by atoms with E-state index in [1.807, 2.05) is 6.07 Å². The summed E-state index contributed by atoms with van der Waals surface area (Å²) in [6, 6.07) is 12.0. The summed E-state index contributed by atoms with van der Waals surface area (Å²) in [6.45, 7) is 1.17. The van der Waals surface area contributed by atoms with Gasteiger partial charge in [0.25, 0.3) is 5.91 Å². The molecule has 2 aliphatic heterocycles. The van der Waals surface area contributed by atoms with Crippen LogP contribution in [0.5, 0.6) is 5.75 Å². The maximum Gasteiger partial charge on any atom is 0.258 e. The lowest BCUT2D eigenvalue weighted by molar-refractivity contribution is -0.130. The van der Waals surface area contributed by atoms with Gasteiger partial charge in [0.1, 0.15) is 11.8 Å². The van der Waals surface area contributed by atoms with Crippen molar-refractivity contribution in [1.29, 1.82) is 5.26 Å². The Hall–Kier alpha value is -3.94. The zero-order valence-corrected chi connectivity index (χ0v) is 20.3. The van der Waals surface area contributed by atoms with E-state index in [0.717, 1.165) is 11.1 Å². The van der Waals surface area contributed by atoms with E-state index in [2.05, 4.69) is 11.4 Å². The van der Waals surface area contributed by atoms with Crippen LogP contribution in [0.3, 0.4) is 0 Å². The Morgan fingerprint density at radius 2 is 2.08 bits per heavy atom. The maximum atomic E-state index is 13.1. The summed E-state index contributed by atoms with van der Waals surface area (Å²) in [5.41, 5.74) is 8.60. The molecule has 10 heteroatoms. The minimum Gasteiger partial charge on any atom is -0.495 e. The third-order valence-electron chi connectivity index (χ3n) is 6.72. The van der Waals surface area contributed by atoms with Gasteiger partial charge < -0.3 is 30.3 Å². The van der Waals surface area contributed by atoms with Gasteiger partial charge in [-0.1, -0.05) is 12.1 Å². The van der Waals surface area contributed by atoms with Crippen molar-refractivity contribution in [3.05, 3.63) is 53.1 Å². The van der Waals surface area contributed by atoms with E-state index in [9.17, 15) is 19.6 Å². The SMILES string of the molecule is COc1ccc(N2Cc3cc(CC(C#N)NC(=O)C4(N)CCOCC4)ccc3C2=O)cc1N(C)C=O. The fourth-order valence-electron chi connectivity index (χ4n) is 4.52. The number of nitrogens with one attached hydrogen (secondary N) is 1. The van der Waals surface area contributed by atoms with Crippen LogP contribution in [-0.4, -0.2) is 57.2 Å². The Morgan fingerprint density at radius 1 is 1.33 bits per heavy atom. The fraction of sp³-hybridized carbons (Fsp3) is 0.385. The molecule has 2 aromatic rings. The highest BCUT2D eigenvalue weighted by Gasteiger charge is 2.37. The predicted octanol–water partition coefficient (Wildman–Crippen LogP) is 1.51. The quantitative estimate of drug-likeness (QED) is 0.534. The summed E-state index contributed by atoms with van der Waals surface area (Å²) in [7, 11) is 3.13. The second-order valence-electron chi connectivity index (χ2n) is 9.08. The molecule has 2 aliphatic rings. The van der Waals surface area contributed by atoms with Gasteiger partial charge in [-0.25, -0.2) is 0 Å². The van der Waals surface area contributed by atoms with Gasteiger partial charge in [-0.3, -0.25) is 14.4 Å². The van der Waals surface area contributed by atoms with Gasteiger partial charge in [0.2, 0.25) is 12.3 Å². The van der Waals surface area contributed by atoms with Crippen molar-refractivity contribution in [2.24, 2.45) is 5.73 Å². The van der Waals surface area contributed by atoms with E-state index in [0.29, 0.717) is 61.7 Å². The lowest BCUT2D eigenvalue weighted by Crippen LogP contribution is -2.58. The van der Waals surface area contributed by atoms with Crippen LogP contribution < -0.4 is 25.6 Å². The molecule has 1 saturated heterocycles. The molecule has 1 fully saturated rings. The zero-order chi connectivity index (χ0) is 25.9. The molecule has 1 atom stereocenters. The number of hydrogen-bond donors (Lipinski definition) is 2. The molecule has 2 heterocycles. The number of rotatable bonds is 8. The van der Waals surface area contributed by atoms with Gasteiger partial charge in [0, 0.05) is 37.9 Å². The highest BCUT2D eigenvalue weighted by molar-refractivity contribution is 6.10. The predicted molar refractivity (Wildman–Crippen MR) is 133 cm³/mol. The number of nitrogens with zero attached hydrogens (tertiary/aromatic N) is 3. The summed E-state index contributed by atoms with van der Waals surface area (Å²) in [5, 5.41) is 12.4. The van der Waals surface area contributed by atoms with Crippen molar-refractivity contribution in [3.63, 3.8) is 0 Å². The minimum atomic E-state index is -1.03. The van der Waals surface area contributed by atoms with E-state index in [4.69, 9.17) is 15.2 Å². The Morgan fingerprint density at radius 3 is 2.75 bits per heavy atom. The molecule has 36 heavy (non-hydrogen) atoms. The molecule has 0 spiro atoms. The number of hydrogen-bond acceptors (Lipinski definition) is 7. The molecule has 0 aliphatic carbocycles. The van der Waals surface area contributed by atoms with Crippen LogP contribution in [-0.2, 0) is 27.3 Å². The molecule has 0 saturated carbocycles. The average Bonchev–Trinajstić information content (AvgIpc) is 3.23. The highest BCUT2D eigenvalue weighted by atomic mass is 16.5. The molecule has 0 bridgehead atoms. The minimum absolute atomic E-state index is 0.156.